The zero-order valence-electron chi connectivity index (χ0n) is 13.2. The summed E-state index contributed by atoms with van der Waals surface area (Å²) in [7, 11) is 0. The highest BCUT2D eigenvalue weighted by atomic mass is 32.2. The molecule has 0 amide bonds. The van der Waals surface area contributed by atoms with Crippen LogP contribution in [0.2, 0.25) is 0 Å². The fourth-order valence-electron chi connectivity index (χ4n) is 2.78. The Morgan fingerprint density at radius 1 is 0.840 bits per heavy atom. The lowest BCUT2D eigenvalue weighted by Gasteiger charge is -2.05. The van der Waals surface area contributed by atoms with E-state index < -0.39 is 0 Å². The van der Waals surface area contributed by atoms with Crippen LogP contribution < -0.4 is 0 Å². The van der Waals surface area contributed by atoms with E-state index in [1.165, 1.54) is 0 Å². The first-order valence-electron chi connectivity index (χ1n) is 7.81. The number of H-pyrrole nitrogens is 1. The van der Waals surface area contributed by atoms with E-state index in [1.54, 1.807) is 36.0 Å². The first-order chi connectivity index (χ1) is 12.2. The molecule has 5 heteroatoms. The van der Waals surface area contributed by atoms with Gasteiger partial charge in [-0.15, -0.1) is 0 Å². The van der Waals surface area contributed by atoms with Gasteiger partial charge < -0.3 is 4.98 Å². The summed E-state index contributed by atoms with van der Waals surface area (Å²) >= 11 is 1.61. The molecule has 0 saturated heterocycles. The number of aromatic amines is 1. The van der Waals surface area contributed by atoms with Crippen LogP contribution in [0.1, 0.15) is 0 Å². The minimum atomic E-state index is -0.379. The van der Waals surface area contributed by atoms with Crippen molar-refractivity contribution in [2.45, 2.75) is 9.79 Å². The van der Waals surface area contributed by atoms with E-state index in [9.17, 15) is 10.1 Å². The smallest absolute Gasteiger partial charge is 0.269 e. The SMILES string of the molecule is O=[N+]([O-])c1ccc(Sc2c(-c3ccccc3)[nH]c3ccccc23)cc1. The lowest BCUT2D eigenvalue weighted by atomic mass is 10.1. The molecule has 0 aliphatic heterocycles. The Hall–Kier alpha value is -3.05. The summed E-state index contributed by atoms with van der Waals surface area (Å²) in [6.07, 6.45) is 0. The molecule has 0 unspecified atom stereocenters. The molecule has 0 bridgehead atoms. The Morgan fingerprint density at radius 2 is 1.52 bits per heavy atom. The molecule has 0 fully saturated rings. The number of aromatic nitrogens is 1. The predicted octanol–water partition coefficient (Wildman–Crippen LogP) is 5.89. The molecule has 4 aromatic rings. The second-order valence-corrected chi connectivity index (χ2v) is 6.68. The molecule has 1 heterocycles. The van der Waals surface area contributed by atoms with Crippen LogP contribution in [0.3, 0.4) is 0 Å². The van der Waals surface area contributed by atoms with Crippen LogP contribution in [-0.4, -0.2) is 9.91 Å². The van der Waals surface area contributed by atoms with Gasteiger partial charge in [-0.2, -0.15) is 0 Å². The monoisotopic (exact) mass is 346 g/mol. The lowest BCUT2D eigenvalue weighted by Crippen LogP contribution is -1.86. The molecule has 25 heavy (non-hydrogen) atoms. The summed E-state index contributed by atoms with van der Waals surface area (Å²) in [5, 5.41) is 12.0. The van der Waals surface area contributed by atoms with Gasteiger partial charge in [-0.3, -0.25) is 10.1 Å². The van der Waals surface area contributed by atoms with Gasteiger partial charge >= 0.3 is 0 Å². The van der Waals surface area contributed by atoms with Gasteiger partial charge in [-0.05, 0) is 23.8 Å². The van der Waals surface area contributed by atoms with E-state index in [4.69, 9.17) is 0 Å². The van der Waals surface area contributed by atoms with Gasteiger partial charge in [0.25, 0.3) is 5.69 Å². The van der Waals surface area contributed by atoms with Crippen molar-refractivity contribution in [2.75, 3.05) is 0 Å². The third kappa shape index (κ3) is 3.02. The number of para-hydroxylation sites is 1. The largest absolute Gasteiger partial charge is 0.354 e. The zero-order chi connectivity index (χ0) is 17.2. The van der Waals surface area contributed by atoms with Gasteiger partial charge in [0.2, 0.25) is 0 Å². The summed E-state index contributed by atoms with van der Waals surface area (Å²) in [5.74, 6) is 0. The quantitative estimate of drug-likeness (QED) is 0.370. The number of nitro groups is 1. The Kier molecular flexibility index (Phi) is 3.99. The summed E-state index contributed by atoms with van der Waals surface area (Å²) in [5.41, 5.74) is 3.35. The average Bonchev–Trinajstić information content (AvgIpc) is 3.02. The molecular formula is C20H14N2O2S. The van der Waals surface area contributed by atoms with Crippen LogP contribution in [0, 0.1) is 10.1 Å². The Morgan fingerprint density at radius 3 is 2.24 bits per heavy atom. The fourth-order valence-corrected chi connectivity index (χ4v) is 3.85. The second kappa shape index (κ2) is 6.45. The highest BCUT2D eigenvalue weighted by Crippen LogP contribution is 2.41. The number of nitrogens with one attached hydrogen (secondary N) is 1. The van der Waals surface area contributed by atoms with Crippen LogP contribution in [0.5, 0.6) is 0 Å². The van der Waals surface area contributed by atoms with Crippen molar-refractivity contribution in [1.29, 1.82) is 0 Å². The molecule has 4 nitrogen and oxygen atoms in total. The molecule has 0 radical (unpaired) electrons. The number of fused-ring (bicyclic) bond motifs is 1. The van der Waals surface area contributed by atoms with E-state index in [2.05, 4.69) is 29.2 Å². The minimum Gasteiger partial charge on any atom is -0.354 e. The van der Waals surface area contributed by atoms with E-state index in [1.807, 2.05) is 30.3 Å². The second-order valence-electron chi connectivity index (χ2n) is 5.59. The maximum Gasteiger partial charge on any atom is 0.269 e. The molecule has 3 aromatic carbocycles. The molecule has 0 aliphatic carbocycles. The highest BCUT2D eigenvalue weighted by molar-refractivity contribution is 7.99. The topological polar surface area (TPSA) is 58.9 Å². The number of nitro benzene ring substituents is 1. The standard InChI is InChI=1S/C20H14N2O2S/c23-22(24)15-10-12-16(13-11-15)25-20-17-8-4-5-9-18(17)21-19(20)14-6-2-1-3-7-14/h1-13,21H. The molecule has 0 spiro atoms. The van der Waals surface area contributed by atoms with Crippen LogP contribution >= 0.6 is 11.8 Å². The predicted molar refractivity (Wildman–Crippen MR) is 101 cm³/mol. The lowest BCUT2D eigenvalue weighted by molar-refractivity contribution is -0.384. The van der Waals surface area contributed by atoms with Gasteiger partial charge in [0, 0.05) is 32.8 Å². The van der Waals surface area contributed by atoms with Crippen LogP contribution in [0.4, 0.5) is 5.69 Å². The van der Waals surface area contributed by atoms with Crippen molar-refractivity contribution in [3.8, 4) is 11.3 Å². The molecular weight excluding hydrogens is 332 g/mol. The Labute approximate surface area is 148 Å². The van der Waals surface area contributed by atoms with Gasteiger partial charge in [-0.1, -0.05) is 60.3 Å². The van der Waals surface area contributed by atoms with Gasteiger partial charge in [0.05, 0.1) is 10.6 Å². The maximum absolute atomic E-state index is 10.8. The van der Waals surface area contributed by atoms with E-state index in [0.717, 1.165) is 32.0 Å². The molecule has 1 aromatic heterocycles. The number of hydrogen-bond donors (Lipinski definition) is 1. The molecule has 122 valence electrons. The number of benzene rings is 3. The molecule has 1 N–H and O–H groups in total. The Balaban J connectivity index is 1.81. The van der Waals surface area contributed by atoms with E-state index in [0.29, 0.717) is 0 Å². The first-order valence-corrected chi connectivity index (χ1v) is 8.62. The van der Waals surface area contributed by atoms with Crippen molar-refractivity contribution in [3.05, 3.63) is 89.0 Å². The van der Waals surface area contributed by atoms with Crippen molar-refractivity contribution in [1.82, 2.24) is 4.98 Å². The number of non-ortho nitro benzene ring substituents is 1. The first kappa shape index (κ1) is 15.5. The molecule has 0 aliphatic rings. The van der Waals surface area contributed by atoms with Crippen molar-refractivity contribution >= 4 is 28.4 Å². The summed E-state index contributed by atoms with van der Waals surface area (Å²) < 4.78 is 0. The van der Waals surface area contributed by atoms with Gasteiger partial charge in [0.15, 0.2) is 0 Å². The third-order valence-corrected chi connectivity index (χ3v) is 5.12. The summed E-state index contributed by atoms with van der Waals surface area (Å²) in [6, 6.07) is 25.0. The number of rotatable bonds is 4. The maximum atomic E-state index is 10.8. The van der Waals surface area contributed by atoms with Crippen LogP contribution in [0.25, 0.3) is 22.2 Å². The third-order valence-electron chi connectivity index (χ3n) is 3.99. The van der Waals surface area contributed by atoms with Gasteiger partial charge in [0.1, 0.15) is 0 Å². The van der Waals surface area contributed by atoms with Crippen molar-refractivity contribution in [3.63, 3.8) is 0 Å². The Bertz CT molecular complexity index is 1040. The normalized spacial score (nSPS) is 10.9. The number of hydrogen-bond acceptors (Lipinski definition) is 3. The van der Waals surface area contributed by atoms with Crippen LogP contribution in [-0.2, 0) is 0 Å². The summed E-state index contributed by atoms with van der Waals surface area (Å²) in [6.45, 7) is 0. The van der Waals surface area contributed by atoms with Crippen molar-refractivity contribution < 1.29 is 4.92 Å². The van der Waals surface area contributed by atoms with Gasteiger partial charge in [-0.25, -0.2) is 0 Å². The van der Waals surface area contributed by atoms with E-state index in [-0.39, 0.29) is 10.6 Å². The molecule has 4 rings (SSSR count). The number of nitrogens with zero attached hydrogens (tertiary/aromatic N) is 1. The van der Waals surface area contributed by atoms with Crippen LogP contribution in [0.15, 0.2) is 88.7 Å². The minimum absolute atomic E-state index is 0.103. The van der Waals surface area contributed by atoms with E-state index >= 15 is 0 Å². The molecule has 0 atom stereocenters. The average molecular weight is 346 g/mol. The zero-order valence-corrected chi connectivity index (χ0v) is 14.0. The highest BCUT2D eigenvalue weighted by Gasteiger charge is 2.14. The summed E-state index contributed by atoms with van der Waals surface area (Å²) in [4.78, 5) is 16.0. The fraction of sp³-hybridized carbons (Fsp3) is 0. The van der Waals surface area contributed by atoms with Crippen molar-refractivity contribution in [2.24, 2.45) is 0 Å². The molecule has 0 saturated carbocycles.